The summed E-state index contributed by atoms with van der Waals surface area (Å²) in [6.45, 7) is 1.68. The molecular weight excluding hydrogens is 448 g/mol. The van der Waals surface area contributed by atoms with Crippen LogP contribution < -0.4 is 5.73 Å². The van der Waals surface area contributed by atoms with Crippen molar-refractivity contribution in [1.82, 2.24) is 4.57 Å². The van der Waals surface area contributed by atoms with E-state index in [1.54, 1.807) is 37.3 Å². The molecule has 1 heterocycles. The first kappa shape index (κ1) is 22.6. The van der Waals surface area contributed by atoms with Gasteiger partial charge in [0, 0.05) is 34.2 Å². The van der Waals surface area contributed by atoms with Crippen LogP contribution >= 0.6 is 0 Å². The predicted molar refractivity (Wildman–Crippen MR) is 130 cm³/mol. The molecule has 5 nitrogen and oxygen atoms in total. The van der Waals surface area contributed by atoms with Crippen LogP contribution in [0.15, 0.2) is 54.6 Å². The minimum absolute atomic E-state index is 0.0231. The van der Waals surface area contributed by atoms with E-state index in [-0.39, 0.29) is 23.5 Å². The molecule has 5 rings (SSSR count). The van der Waals surface area contributed by atoms with Gasteiger partial charge in [0.25, 0.3) is 0 Å². The van der Waals surface area contributed by atoms with Crippen molar-refractivity contribution in [2.24, 2.45) is 0 Å². The Bertz CT molecular complexity index is 1530. The molecule has 0 spiro atoms. The molecule has 3 N–H and O–H groups in total. The average molecular weight is 472 g/mol. The van der Waals surface area contributed by atoms with Crippen LogP contribution in [0.25, 0.3) is 27.7 Å². The SMILES string of the molecule is Cc1cc(-n2c(C3(CC#N)CCC3)c(-c3ccc(C(=O)O)cc3)c3c(N)c(F)ccc32)ccc1F. The maximum atomic E-state index is 14.8. The third-order valence-electron chi connectivity index (χ3n) is 7.17. The number of anilines is 1. The second-order valence-corrected chi connectivity index (χ2v) is 9.20. The highest BCUT2D eigenvalue weighted by atomic mass is 19.1. The average Bonchev–Trinajstić information content (AvgIpc) is 3.16. The van der Waals surface area contributed by atoms with Gasteiger partial charge in [-0.15, -0.1) is 0 Å². The molecule has 0 aliphatic heterocycles. The van der Waals surface area contributed by atoms with Gasteiger partial charge in [-0.3, -0.25) is 0 Å². The quantitative estimate of drug-likeness (QED) is 0.325. The number of carbonyl (C=O) groups is 1. The number of aromatic nitrogens is 1. The summed E-state index contributed by atoms with van der Waals surface area (Å²) in [7, 11) is 0. The Morgan fingerprint density at radius 2 is 1.80 bits per heavy atom. The molecule has 0 radical (unpaired) electrons. The highest BCUT2D eigenvalue weighted by Crippen LogP contribution is 2.54. The lowest BCUT2D eigenvalue weighted by Crippen LogP contribution is -2.36. The number of hydrogen-bond donors (Lipinski definition) is 2. The van der Waals surface area contributed by atoms with Crippen molar-refractivity contribution in [3.8, 4) is 22.9 Å². The maximum Gasteiger partial charge on any atom is 0.335 e. The Labute approximate surface area is 201 Å². The number of nitrogens with two attached hydrogens (primary N) is 1. The van der Waals surface area contributed by atoms with Crippen LogP contribution in [0.1, 0.15) is 47.3 Å². The molecule has 35 heavy (non-hydrogen) atoms. The lowest BCUT2D eigenvalue weighted by atomic mass is 9.63. The van der Waals surface area contributed by atoms with E-state index < -0.39 is 17.2 Å². The molecule has 1 saturated carbocycles. The molecule has 1 aliphatic carbocycles. The van der Waals surface area contributed by atoms with Crippen LogP contribution in [0.2, 0.25) is 0 Å². The summed E-state index contributed by atoms with van der Waals surface area (Å²) >= 11 is 0. The summed E-state index contributed by atoms with van der Waals surface area (Å²) in [6.07, 6.45) is 2.72. The summed E-state index contributed by atoms with van der Waals surface area (Å²) in [4.78, 5) is 11.4. The van der Waals surface area contributed by atoms with E-state index in [2.05, 4.69) is 6.07 Å². The Hall–Kier alpha value is -4.18. The molecule has 3 aromatic carbocycles. The number of carboxylic acid groups (broad SMARTS) is 1. The summed E-state index contributed by atoms with van der Waals surface area (Å²) in [5.74, 6) is -1.95. The smallest absolute Gasteiger partial charge is 0.335 e. The van der Waals surface area contributed by atoms with Gasteiger partial charge < -0.3 is 15.4 Å². The largest absolute Gasteiger partial charge is 0.478 e. The minimum Gasteiger partial charge on any atom is -0.478 e. The number of benzene rings is 3. The molecular formula is C28H23F2N3O2. The lowest BCUT2D eigenvalue weighted by Gasteiger charge is -2.42. The van der Waals surface area contributed by atoms with Gasteiger partial charge >= 0.3 is 5.97 Å². The zero-order chi connectivity index (χ0) is 24.9. The third-order valence-corrected chi connectivity index (χ3v) is 7.17. The first-order chi connectivity index (χ1) is 16.8. The van der Waals surface area contributed by atoms with E-state index >= 15 is 0 Å². The zero-order valence-electron chi connectivity index (χ0n) is 19.1. The van der Waals surface area contributed by atoms with Gasteiger partial charge in [0.2, 0.25) is 0 Å². The summed E-state index contributed by atoms with van der Waals surface area (Å²) in [6, 6.07) is 16.4. The van der Waals surface area contributed by atoms with Gasteiger partial charge in [-0.2, -0.15) is 5.26 Å². The van der Waals surface area contributed by atoms with Crippen molar-refractivity contribution in [2.75, 3.05) is 5.73 Å². The Morgan fingerprint density at radius 3 is 2.37 bits per heavy atom. The van der Waals surface area contributed by atoms with Crippen LogP contribution in [-0.2, 0) is 5.41 Å². The fourth-order valence-electron chi connectivity index (χ4n) is 5.23. The van der Waals surface area contributed by atoms with Crippen molar-refractivity contribution in [3.63, 3.8) is 0 Å². The predicted octanol–water partition coefficient (Wildman–Crippen LogP) is 6.50. The highest BCUT2D eigenvalue weighted by Gasteiger charge is 2.44. The van der Waals surface area contributed by atoms with E-state index in [0.29, 0.717) is 33.3 Å². The number of rotatable bonds is 5. The van der Waals surface area contributed by atoms with E-state index in [9.17, 15) is 23.9 Å². The number of hydrogen-bond acceptors (Lipinski definition) is 3. The summed E-state index contributed by atoms with van der Waals surface area (Å²) < 4.78 is 30.9. The van der Waals surface area contributed by atoms with E-state index in [1.165, 1.54) is 24.3 Å². The fourth-order valence-corrected chi connectivity index (χ4v) is 5.23. The number of aromatic carboxylic acids is 1. The Balaban J connectivity index is 1.95. The second kappa shape index (κ2) is 8.24. The van der Waals surface area contributed by atoms with Crippen molar-refractivity contribution in [1.29, 1.82) is 5.26 Å². The number of nitriles is 1. The molecule has 0 unspecified atom stereocenters. The molecule has 4 aromatic rings. The Morgan fingerprint density at radius 1 is 1.11 bits per heavy atom. The molecule has 1 aliphatic rings. The number of aryl methyl sites for hydroxylation is 1. The van der Waals surface area contributed by atoms with E-state index in [4.69, 9.17) is 5.73 Å². The molecule has 0 bridgehead atoms. The fraction of sp³-hybridized carbons (Fsp3) is 0.214. The molecule has 1 fully saturated rings. The van der Waals surface area contributed by atoms with Gasteiger partial charge in [0.1, 0.15) is 11.6 Å². The van der Waals surface area contributed by atoms with Crippen molar-refractivity contribution >= 4 is 22.6 Å². The van der Waals surface area contributed by atoms with Crippen LogP contribution in [-0.4, -0.2) is 15.6 Å². The lowest BCUT2D eigenvalue weighted by molar-refractivity contribution is 0.0697. The molecule has 0 atom stereocenters. The topological polar surface area (TPSA) is 92.0 Å². The second-order valence-electron chi connectivity index (χ2n) is 9.20. The van der Waals surface area contributed by atoms with Crippen molar-refractivity contribution < 1.29 is 18.7 Å². The summed E-state index contributed by atoms with van der Waals surface area (Å²) in [5.41, 5.74) is 9.87. The Kier molecular flexibility index (Phi) is 5.32. The molecule has 176 valence electrons. The number of nitrogens with zero attached hydrogens (tertiary/aromatic N) is 2. The van der Waals surface area contributed by atoms with Gasteiger partial charge in [-0.05, 0) is 73.4 Å². The highest BCUT2D eigenvalue weighted by molar-refractivity contribution is 6.07. The van der Waals surface area contributed by atoms with E-state index in [1.807, 2.05) is 4.57 Å². The van der Waals surface area contributed by atoms with Crippen LogP contribution in [0, 0.1) is 29.9 Å². The first-order valence-corrected chi connectivity index (χ1v) is 11.4. The van der Waals surface area contributed by atoms with Crippen LogP contribution in [0.4, 0.5) is 14.5 Å². The van der Waals surface area contributed by atoms with Crippen LogP contribution in [0.3, 0.4) is 0 Å². The molecule has 7 heteroatoms. The maximum absolute atomic E-state index is 14.8. The first-order valence-electron chi connectivity index (χ1n) is 11.4. The monoisotopic (exact) mass is 471 g/mol. The number of halogens is 2. The van der Waals surface area contributed by atoms with E-state index in [0.717, 1.165) is 25.0 Å². The van der Waals surface area contributed by atoms with Gasteiger partial charge in [0.15, 0.2) is 0 Å². The van der Waals surface area contributed by atoms with Gasteiger partial charge in [-0.1, -0.05) is 18.6 Å². The van der Waals surface area contributed by atoms with Gasteiger partial charge in [0.05, 0.1) is 22.8 Å². The normalized spacial score (nSPS) is 14.5. The zero-order valence-corrected chi connectivity index (χ0v) is 19.1. The van der Waals surface area contributed by atoms with Gasteiger partial charge in [-0.25, -0.2) is 13.6 Å². The summed E-state index contributed by atoms with van der Waals surface area (Å²) in [5, 5.41) is 19.6. The van der Waals surface area contributed by atoms with Crippen molar-refractivity contribution in [2.45, 2.75) is 38.0 Å². The molecule has 0 saturated heterocycles. The standard InChI is InChI=1S/C28H23F2N3O2/c1-16-15-19(7-8-20(16)29)33-22-10-9-21(30)25(32)24(22)23(17-3-5-18(6-4-17)27(34)35)26(33)28(13-14-31)11-2-12-28/h3-10,15H,2,11-13,32H2,1H3,(H,34,35). The molecule has 0 amide bonds. The number of carboxylic acids is 1. The van der Waals surface area contributed by atoms with Crippen molar-refractivity contribution in [3.05, 3.63) is 83.1 Å². The third kappa shape index (κ3) is 3.45. The minimum atomic E-state index is -1.05. The number of fused-ring (bicyclic) bond motifs is 1. The number of nitrogen functional groups attached to an aromatic ring is 1. The molecule has 1 aromatic heterocycles. The van der Waals surface area contributed by atoms with Crippen LogP contribution in [0.5, 0.6) is 0 Å².